The van der Waals surface area contributed by atoms with E-state index in [1.165, 1.54) is 27.4 Å². The second kappa shape index (κ2) is 10.0. The van der Waals surface area contributed by atoms with E-state index in [4.69, 9.17) is 19.2 Å². The number of aromatic nitrogens is 1. The standard InChI is InChI=1S/C27H22N2O6/c1-33-25(30)20-9-6-7-15-29(24(20)27(32)35-3)18-13-11-17(12-14-18)23-16-21(26(31)34-2)19-8-4-5-10-22(19)28-23/h4-16H,1-3H3. The van der Waals surface area contributed by atoms with Crippen LogP contribution in [0.2, 0.25) is 0 Å². The zero-order valence-electron chi connectivity index (χ0n) is 19.3. The molecule has 0 aliphatic carbocycles. The van der Waals surface area contributed by atoms with E-state index in [1.54, 1.807) is 41.5 Å². The molecule has 0 saturated carbocycles. The van der Waals surface area contributed by atoms with Gasteiger partial charge in [-0.05, 0) is 36.4 Å². The van der Waals surface area contributed by atoms with Crippen molar-refractivity contribution in [3.8, 4) is 11.3 Å². The maximum atomic E-state index is 12.6. The third-order valence-corrected chi connectivity index (χ3v) is 5.45. The van der Waals surface area contributed by atoms with E-state index in [9.17, 15) is 14.4 Å². The number of methoxy groups -OCH3 is 3. The van der Waals surface area contributed by atoms with Crippen LogP contribution in [0, 0.1) is 0 Å². The average Bonchev–Trinajstić information content (AvgIpc) is 3.14. The molecule has 2 aromatic carbocycles. The molecule has 0 saturated heterocycles. The second-order valence-electron chi connectivity index (χ2n) is 7.43. The lowest BCUT2D eigenvalue weighted by atomic mass is 10.0. The predicted octanol–water partition coefficient (Wildman–Crippen LogP) is 4.18. The maximum Gasteiger partial charge on any atom is 0.355 e. The molecular formula is C27H22N2O6. The minimum Gasteiger partial charge on any atom is -0.465 e. The number of anilines is 1. The van der Waals surface area contributed by atoms with Crippen LogP contribution in [0.15, 0.2) is 90.3 Å². The highest BCUT2D eigenvalue weighted by Crippen LogP contribution is 2.30. The van der Waals surface area contributed by atoms with Gasteiger partial charge in [0, 0.05) is 22.8 Å². The summed E-state index contributed by atoms with van der Waals surface area (Å²) in [5.41, 5.74) is 3.10. The quantitative estimate of drug-likeness (QED) is 0.405. The third kappa shape index (κ3) is 4.54. The Morgan fingerprint density at radius 3 is 2.17 bits per heavy atom. The van der Waals surface area contributed by atoms with E-state index in [2.05, 4.69) is 0 Å². The Labute approximate surface area is 201 Å². The van der Waals surface area contributed by atoms with Crippen LogP contribution < -0.4 is 4.90 Å². The number of allylic oxidation sites excluding steroid dienone is 2. The number of carbonyl (C=O) groups is 3. The van der Waals surface area contributed by atoms with Crippen molar-refractivity contribution in [2.75, 3.05) is 26.2 Å². The molecule has 3 aromatic rings. The largest absolute Gasteiger partial charge is 0.465 e. The number of pyridine rings is 1. The molecule has 1 aromatic heterocycles. The maximum absolute atomic E-state index is 12.6. The summed E-state index contributed by atoms with van der Waals surface area (Å²) < 4.78 is 14.7. The minimum atomic E-state index is -0.690. The summed E-state index contributed by atoms with van der Waals surface area (Å²) in [7, 11) is 3.83. The molecule has 0 atom stereocenters. The van der Waals surface area contributed by atoms with E-state index >= 15 is 0 Å². The molecule has 8 nitrogen and oxygen atoms in total. The van der Waals surface area contributed by atoms with Gasteiger partial charge in [-0.1, -0.05) is 36.4 Å². The topological polar surface area (TPSA) is 95.0 Å². The first-order chi connectivity index (χ1) is 17.0. The van der Waals surface area contributed by atoms with Gasteiger partial charge in [0.25, 0.3) is 0 Å². The van der Waals surface area contributed by atoms with E-state index in [0.29, 0.717) is 27.8 Å². The Morgan fingerprint density at radius 2 is 1.49 bits per heavy atom. The molecule has 35 heavy (non-hydrogen) atoms. The molecule has 176 valence electrons. The van der Waals surface area contributed by atoms with E-state index in [-0.39, 0.29) is 11.3 Å². The normalized spacial score (nSPS) is 12.9. The van der Waals surface area contributed by atoms with Gasteiger partial charge in [-0.15, -0.1) is 0 Å². The fourth-order valence-corrected chi connectivity index (χ4v) is 3.76. The van der Waals surface area contributed by atoms with E-state index < -0.39 is 17.9 Å². The predicted molar refractivity (Wildman–Crippen MR) is 130 cm³/mol. The summed E-state index contributed by atoms with van der Waals surface area (Å²) in [6, 6.07) is 16.2. The molecule has 0 unspecified atom stereocenters. The van der Waals surface area contributed by atoms with Crippen molar-refractivity contribution in [2.24, 2.45) is 0 Å². The van der Waals surface area contributed by atoms with Crippen molar-refractivity contribution < 1.29 is 28.6 Å². The number of fused-ring (bicyclic) bond motifs is 1. The van der Waals surface area contributed by atoms with Gasteiger partial charge >= 0.3 is 17.9 Å². The van der Waals surface area contributed by atoms with Crippen LogP contribution in [0.4, 0.5) is 5.69 Å². The first-order valence-electron chi connectivity index (χ1n) is 10.6. The highest BCUT2D eigenvalue weighted by atomic mass is 16.5. The van der Waals surface area contributed by atoms with Gasteiger partial charge in [0.1, 0.15) is 5.70 Å². The van der Waals surface area contributed by atoms with Crippen molar-refractivity contribution >= 4 is 34.5 Å². The number of para-hydroxylation sites is 1. The molecule has 4 rings (SSSR count). The van der Waals surface area contributed by atoms with Crippen LogP contribution in [0.1, 0.15) is 10.4 Å². The smallest absolute Gasteiger partial charge is 0.355 e. The Hall–Kier alpha value is -4.72. The van der Waals surface area contributed by atoms with Crippen molar-refractivity contribution in [3.63, 3.8) is 0 Å². The van der Waals surface area contributed by atoms with Crippen LogP contribution >= 0.6 is 0 Å². The van der Waals surface area contributed by atoms with Crippen molar-refractivity contribution in [2.45, 2.75) is 0 Å². The number of hydrogen-bond acceptors (Lipinski definition) is 8. The van der Waals surface area contributed by atoms with Gasteiger partial charge in [-0.25, -0.2) is 19.4 Å². The zero-order chi connectivity index (χ0) is 24.9. The van der Waals surface area contributed by atoms with E-state index in [0.717, 1.165) is 5.56 Å². The number of esters is 3. The van der Waals surface area contributed by atoms with Crippen LogP contribution in [0.3, 0.4) is 0 Å². The molecule has 0 spiro atoms. The summed E-state index contributed by atoms with van der Waals surface area (Å²) in [5.74, 6) is -1.81. The number of nitrogens with zero attached hydrogens (tertiary/aromatic N) is 2. The lowest BCUT2D eigenvalue weighted by Crippen LogP contribution is -2.26. The number of benzene rings is 2. The van der Waals surface area contributed by atoms with Crippen molar-refractivity contribution in [1.82, 2.24) is 4.98 Å². The minimum absolute atomic E-state index is 0.0221. The van der Waals surface area contributed by atoms with Crippen LogP contribution in [0.25, 0.3) is 22.2 Å². The third-order valence-electron chi connectivity index (χ3n) is 5.45. The average molecular weight is 470 g/mol. The number of rotatable bonds is 5. The van der Waals surface area contributed by atoms with Gasteiger partial charge in [0.15, 0.2) is 0 Å². The van der Waals surface area contributed by atoms with Gasteiger partial charge < -0.3 is 19.1 Å². The summed E-state index contributed by atoms with van der Waals surface area (Å²) in [6.45, 7) is 0. The monoisotopic (exact) mass is 470 g/mol. The molecular weight excluding hydrogens is 448 g/mol. The summed E-state index contributed by atoms with van der Waals surface area (Å²) in [5, 5.41) is 0.699. The highest BCUT2D eigenvalue weighted by molar-refractivity contribution is 6.06. The zero-order valence-corrected chi connectivity index (χ0v) is 19.3. The van der Waals surface area contributed by atoms with Gasteiger partial charge in [0.05, 0.1) is 43.7 Å². The molecule has 0 N–H and O–H groups in total. The van der Waals surface area contributed by atoms with Gasteiger partial charge in [0.2, 0.25) is 0 Å². The Morgan fingerprint density at radius 1 is 0.800 bits per heavy atom. The lowest BCUT2D eigenvalue weighted by Gasteiger charge is -2.23. The number of ether oxygens (including phenoxy) is 3. The molecule has 0 bridgehead atoms. The number of carbonyl (C=O) groups excluding carboxylic acids is 3. The molecule has 0 amide bonds. The number of hydrogen-bond donors (Lipinski definition) is 0. The lowest BCUT2D eigenvalue weighted by molar-refractivity contribution is -0.139. The summed E-state index contributed by atoms with van der Waals surface area (Å²) >= 11 is 0. The Bertz CT molecular complexity index is 1400. The molecule has 1 aliphatic heterocycles. The van der Waals surface area contributed by atoms with Gasteiger partial charge in [-0.2, -0.15) is 0 Å². The first-order valence-corrected chi connectivity index (χ1v) is 10.6. The fourth-order valence-electron chi connectivity index (χ4n) is 3.76. The van der Waals surface area contributed by atoms with Crippen molar-refractivity contribution in [1.29, 1.82) is 0 Å². The molecule has 8 heteroatoms. The van der Waals surface area contributed by atoms with Crippen molar-refractivity contribution in [3.05, 3.63) is 95.9 Å². The van der Waals surface area contributed by atoms with Gasteiger partial charge in [-0.3, -0.25) is 0 Å². The molecule has 0 radical (unpaired) electrons. The first kappa shape index (κ1) is 23.4. The van der Waals surface area contributed by atoms with E-state index in [1.807, 2.05) is 36.4 Å². The van der Waals surface area contributed by atoms with Crippen LogP contribution in [-0.4, -0.2) is 44.2 Å². The molecule has 1 aliphatic rings. The fraction of sp³-hybridized carbons (Fsp3) is 0.111. The molecule has 0 fully saturated rings. The summed E-state index contributed by atoms with van der Waals surface area (Å²) in [4.78, 5) is 43.6. The SMILES string of the molecule is COC(=O)C1=C(C(=O)OC)N(c2ccc(-c3cc(C(=O)OC)c4ccccc4n3)cc2)C=CC=C1. The Balaban J connectivity index is 1.79. The Kier molecular flexibility index (Phi) is 6.73. The highest BCUT2D eigenvalue weighted by Gasteiger charge is 2.27. The van der Waals surface area contributed by atoms with Crippen LogP contribution in [0.5, 0.6) is 0 Å². The second-order valence-corrected chi connectivity index (χ2v) is 7.43. The van der Waals surface area contributed by atoms with Crippen LogP contribution in [-0.2, 0) is 23.8 Å². The summed E-state index contributed by atoms with van der Waals surface area (Å²) in [6.07, 6.45) is 6.48. The molecule has 2 heterocycles.